The molecule has 0 spiro atoms. The SMILES string of the molecule is COC(=O)c1cnc(-c2c(F)ccc([N+](=O)[O-])c2F)[nH]1. The van der Waals surface area contributed by atoms with Crippen LogP contribution in [-0.4, -0.2) is 28.0 Å². The fourth-order valence-corrected chi connectivity index (χ4v) is 1.56. The zero-order chi connectivity index (χ0) is 14.9. The number of H-pyrrole nitrogens is 1. The van der Waals surface area contributed by atoms with E-state index in [1.807, 2.05) is 0 Å². The van der Waals surface area contributed by atoms with E-state index in [2.05, 4.69) is 14.7 Å². The highest BCUT2D eigenvalue weighted by Gasteiger charge is 2.25. The monoisotopic (exact) mass is 283 g/mol. The van der Waals surface area contributed by atoms with E-state index >= 15 is 0 Å². The van der Waals surface area contributed by atoms with Crippen molar-refractivity contribution in [3.63, 3.8) is 0 Å². The van der Waals surface area contributed by atoms with E-state index in [4.69, 9.17) is 0 Å². The van der Waals surface area contributed by atoms with Gasteiger partial charge in [0.05, 0.1) is 23.8 Å². The topological polar surface area (TPSA) is 98.1 Å². The standard InChI is InChI=1S/C11H7F2N3O4/c1-20-11(17)6-4-14-10(15-6)8-5(12)2-3-7(9(8)13)16(18)19/h2-4H,1H3,(H,14,15). The molecule has 2 aromatic rings. The Morgan fingerprint density at radius 1 is 1.45 bits per heavy atom. The molecule has 0 aliphatic heterocycles. The number of aromatic nitrogens is 2. The fraction of sp³-hybridized carbons (Fsp3) is 0.0909. The van der Waals surface area contributed by atoms with Crippen molar-refractivity contribution < 1.29 is 23.2 Å². The van der Waals surface area contributed by atoms with Gasteiger partial charge in [0.25, 0.3) is 0 Å². The Morgan fingerprint density at radius 3 is 2.75 bits per heavy atom. The van der Waals surface area contributed by atoms with Crippen LogP contribution < -0.4 is 0 Å². The normalized spacial score (nSPS) is 10.3. The van der Waals surface area contributed by atoms with Crippen LogP contribution in [-0.2, 0) is 4.74 Å². The number of halogens is 2. The summed E-state index contributed by atoms with van der Waals surface area (Å²) in [5, 5.41) is 10.6. The number of imidazole rings is 1. The molecule has 0 atom stereocenters. The molecule has 1 heterocycles. The molecular weight excluding hydrogens is 276 g/mol. The van der Waals surface area contributed by atoms with Crippen molar-refractivity contribution in [2.24, 2.45) is 0 Å². The molecule has 7 nitrogen and oxygen atoms in total. The van der Waals surface area contributed by atoms with Gasteiger partial charge in [-0.25, -0.2) is 14.2 Å². The van der Waals surface area contributed by atoms with Crippen molar-refractivity contribution in [3.8, 4) is 11.4 Å². The summed E-state index contributed by atoms with van der Waals surface area (Å²) < 4.78 is 31.9. The Balaban J connectivity index is 2.57. The third-order valence-corrected chi connectivity index (χ3v) is 2.49. The van der Waals surface area contributed by atoms with Crippen LogP contribution >= 0.6 is 0 Å². The number of nitrogens with one attached hydrogen (secondary N) is 1. The summed E-state index contributed by atoms with van der Waals surface area (Å²) >= 11 is 0. The van der Waals surface area contributed by atoms with Crippen LogP contribution in [0.25, 0.3) is 11.4 Å². The molecular formula is C11H7F2N3O4. The quantitative estimate of drug-likeness (QED) is 0.528. The van der Waals surface area contributed by atoms with Crippen molar-refractivity contribution in [2.45, 2.75) is 0 Å². The lowest BCUT2D eigenvalue weighted by Crippen LogP contribution is -2.02. The summed E-state index contributed by atoms with van der Waals surface area (Å²) in [4.78, 5) is 26.8. The van der Waals surface area contributed by atoms with Gasteiger partial charge >= 0.3 is 11.7 Å². The summed E-state index contributed by atoms with van der Waals surface area (Å²) in [6, 6.07) is 1.45. The van der Waals surface area contributed by atoms with Crippen molar-refractivity contribution in [1.29, 1.82) is 0 Å². The molecule has 9 heteroatoms. The Hall–Kier alpha value is -2.84. The van der Waals surface area contributed by atoms with Gasteiger partial charge < -0.3 is 9.72 Å². The maximum Gasteiger partial charge on any atom is 0.356 e. The van der Waals surface area contributed by atoms with Gasteiger partial charge in [-0.1, -0.05) is 0 Å². The van der Waals surface area contributed by atoms with Gasteiger partial charge in [0.15, 0.2) is 0 Å². The zero-order valence-electron chi connectivity index (χ0n) is 10.0. The highest BCUT2D eigenvalue weighted by Crippen LogP contribution is 2.29. The molecule has 0 fully saturated rings. The van der Waals surface area contributed by atoms with E-state index in [0.717, 1.165) is 19.4 Å². The number of nitro groups is 1. The van der Waals surface area contributed by atoms with Crippen molar-refractivity contribution >= 4 is 11.7 Å². The summed E-state index contributed by atoms with van der Waals surface area (Å²) in [6.45, 7) is 0. The largest absolute Gasteiger partial charge is 0.464 e. The number of ether oxygens (including phenoxy) is 1. The molecule has 1 aromatic heterocycles. The van der Waals surface area contributed by atoms with Crippen LogP contribution in [0, 0.1) is 21.7 Å². The molecule has 2 rings (SSSR count). The van der Waals surface area contributed by atoms with Gasteiger partial charge in [-0.15, -0.1) is 0 Å². The zero-order valence-corrected chi connectivity index (χ0v) is 10.0. The number of hydrogen-bond acceptors (Lipinski definition) is 5. The summed E-state index contributed by atoms with van der Waals surface area (Å²) in [5.74, 6) is -3.54. The van der Waals surface area contributed by atoms with Crippen LogP contribution in [0.3, 0.4) is 0 Å². The average molecular weight is 283 g/mol. The molecule has 0 unspecified atom stereocenters. The molecule has 1 N–H and O–H groups in total. The van der Waals surface area contributed by atoms with Gasteiger partial charge in [-0.05, 0) is 6.07 Å². The molecule has 1 aromatic carbocycles. The van der Waals surface area contributed by atoms with E-state index < -0.39 is 33.8 Å². The number of esters is 1. The number of nitro benzene ring substituents is 1. The predicted octanol–water partition coefficient (Wildman–Crippen LogP) is 2.05. The van der Waals surface area contributed by atoms with Gasteiger partial charge in [0.2, 0.25) is 5.82 Å². The Kier molecular flexibility index (Phi) is 3.42. The molecule has 0 saturated carbocycles. The van der Waals surface area contributed by atoms with E-state index in [9.17, 15) is 23.7 Å². The molecule has 20 heavy (non-hydrogen) atoms. The van der Waals surface area contributed by atoms with Crippen LogP contribution in [0.1, 0.15) is 10.5 Å². The number of hydrogen-bond donors (Lipinski definition) is 1. The van der Waals surface area contributed by atoms with Gasteiger partial charge in [-0.2, -0.15) is 4.39 Å². The number of carbonyl (C=O) groups excluding carboxylic acids is 1. The van der Waals surface area contributed by atoms with Crippen LogP contribution in [0.15, 0.2) is 18.3 Å². The Bertz CT molecular complexity index is 699. The lowest BCUT2D eigenvalue weighted by Gasteiger charge is -2.02. The van der Waals surface area contributed by atoms with E-state index in [1.54, 1.807) is 0 Å². The third-order valence-electron chi connectivity index (χ3n) is 2.49. The molecule has 0 saturated heterocycles. The van der Waals surface area contributed by atoms with Gasteiger partial charge in [0.1, 0.15) is 17.3 Å². The minimum Gasteiger partial charge on any atom is -0.464 e. The predicted molar refractivity (Wildman–Crippen MR) is 61.9 cm³/mol. The first kappa shape index (κ1) is 13.6. The number of rotatable bonds is 3. The van der Waals surface area contributed by atoms with E-state index in [-0.39, 0.29) is 11.5 Å². The molecule has 0 bridgehead atoms. The number of carbonyl (C=O) groups is 1. The lowest BCUT2D eigenvalue weighted by molar-refractivity contribution is -0.387. The summed E-state index contributed by atoms with van der Waals surface area (Å²) in [7, 11) is 1.12. The van der Waals surface area contributed by atoms with Crippen LogP contribution in [0.2, 0.25) is 0 Å². The average Bonchev–Trinajstić information content (AvgIpc) is 2.87. The van der Waals surface area contributed by atoms with Crippen molar-refractivity contribution in [1.82, 2.24) is 9.97 Å². The summed E-state index contributed by atoms with van der Waals surface area (Å²) in [6.07, 6.45) is 1.01. The Morgan fingerprint density at radius 2 is 2.15 bits per heavy atom. The number of nitrogens with zero attached hydrogens (tertiary/aromatic N) is 2. The first-order valence-electron chi connectivity index (χ1n) is 5.21. The lowest BCUT2D eigenvalue weighted by atomic mass is 10.1. The first-order valence-corrected chi connectivity index (χ1v) is 5.21. The minimum atomic E-state index is -1.37. The van der Waals surface area contributed by atoms with E-state index in [1.165, 1.54) is 0 Å². The molecule has 0 radical (unpaired) electrons. The van der Waals surface area contributed by atoms with E-state index in [0.29, 0.717) is 6.07 Å². The molecule has 0 aliphatic carbocycles. The third kappa shape index (κ3) is 2.20. The maximum absolute atomic E-state index is 13.9. The van der Waals surface area contributed by atoms with Crippen LogP contribution in [0.5, 0.6) is 0 Å². The molecule has 0 amide bonds. The van der Waals surface area contributed by atoms with Crippen molar-refractivity contribution in [3.05, 3.63) is 45.8 Å². The summed E-state index contributed by atoms with van der Waals surface area (Å²) in [5.41, 5.74) is -1.74. The molecule has 0 aliphatic rings. The minimum absolute atomic E-state index is 0.132. The number of aromatic amines is 1. The highest BCUT2D eigenvalue weighted by atomic mass is 19.1. The fourth-order valence-electron chi connectivity index (χ4n) is 1.56. The first-order chi connectivity index (χ1) is 9.45. The maximum atomic E-state index is 13.9. The highest BCUT2D eigenvalue weighted by molar-refractivity contribution is 5.87. The van der Waals surface area contributed by atoms with Crippen LogP contribution in [0.4, 0.5) is 14.5 Å². The second-order valence-electron chi connectivity index (χ2n) is 3.65. The van der Waals surface area contributed by atoms with Gasteiger partial charge in [0, 0.05) is 6.07 Å². The smallest absolute Gasteiger partial charge is 0.356 e. The molecule has 104 valence electrons. The Labute approximate surface area is 110 Å². The second-order valence-corrected chi connectivity index (χ2v) is 3.65. The van der Waals surface area contributed by atoms with Gasteiger partial charge in [-0.3, -0.25) is 10.1 Å². The number of methoxy groups -OCH3 is 1. The van der Waals surface area contributed by atoms with Crippen molar-refractivity contribution in [2.75, 3.05) is 7.11 Å². The second kappa shape index (κ2) is 5.03. The number of benzene rings is 1.